The number of cyclic esters (lactones) is 1. The molecule has 2 aliphatic rings. The van der Waals surface area contributed by atoms with Gasteiger partial charge in [0.25, 0.3) is 0 Å². The van der Waals surface area contributed by atoms with Crippen LogP contribution in [0, 0.1) is 6.92 Å². The fourth-order valence-corrected chi connectivity index (χ4v) is 2.89. The minimum atomic E-state index is -0.558. The SMILES string of the molecule is Cc1cc(N2CCN(C(=O)C3COC(=O)N3)CC2)nc(C(C)C)n1. The molecule has 1 aromatic rings. The number of aryl methyl sites for hydroxylation is 1. The van der Waals surface area contributed by atoms with Gasteiger partial charge in [-0.05, 0) is 6.92 Å². The average molecular weight is 333 g/mol. The van der Waals surface area contributed by atoms with Crippen LogP contribution < -0.4 is 10.2 Å². The molecule has 2 amide bonds. The molecule has 0 aromatic carbocycles. The van der Waals surface area contributed by atoms with Gasteiger partial charge >= 0.3 is 6.09 Å². The Bertz CT molecular complexity index is 641. The van der Waals surface area contributed by atoms with Gasteiger partial charge < -0.3 is 19.9 Å². The number of aromatic nitrogens is 2. The first kappa shape index (κ1) is 16.5. The minimum Gasteiger partial charge on any atom is -0.447 e. The number of amides is 2. The fourth-order valence-electron chi connectivity index (χ4n) is 2.89. The molecular weight excluding hydrogens is 310 g/mol. The number of carbonyl (C=O) groups excluding carboxylic acids is 2. The first-order valence-electron chi connectivity index (χ1n) is 8.26. The summed E-state index contributed by atoms with van der Waals surface area (Å²) in [6, 6.07) is 1.42. The third-order valence-corrected chi connectivity index (χ3v) is 4.26. The van der Waals surface area contributed by atoms with Crippen LogP contribution in [0.15, 0.2) is 6.07 Å². The maximum absolute atomic E-state index is 12.4. The molecule has 130 valence electrons. The molecule has 2 fully saturated rings. The highest BCUT2D eigenvalue weighted by Crippen LogP contribution is 2.19. The van der Waals surface area contributed by atoms with Crippen molar-refractivity contribution < 1.29 is 14.3 Å². The second-order valence-corrected chi connectivity index (χ2v) is 6.49. The molecule has 1 N–H and O–H groups in total. The van der Waals surface area contributed by atoms with Crippen molar-refractivity contribution in [3.8, 4) is 0 Å². The first-order chi connectivity index (χ1) is 11.4. The molecule has 0 spiro atoms. The Morgan fingerprint density at radius 1 is 1.29 bits per heavy atom. The van der Waals surface area contributed by atoms with E-state index in [9.17, 15) is 9.59 Å². The van der Waals surface area contributed by atoms with Crippen LogP contribution in [-0.4, -0.2) is 65.7 Å². The molecule has 24 heavy (non-hydrogen) atoms. The van der Waals surface area contributed by atoms with Crippen LogP contribution in [0.2, 0.25) is 0 Å². The van der Waals surface area contributed by atoms with E-state index in [-0.39, 0.29) is 18.4 Å². The molecule has 2 saturated heterocycles. The van der Waals surface area contributed by atoms with E-state index in [1.807, 2.05) is 13.0 Å². The van der Waals surface area contributed by atoms with Gasteiger partial charge in [-0.3, -0.25) is 4.79 Å². The minimum absolute atomic E-state index is 0.0813. The van der Waals surface area contributed by atoms with Gasteiger partial charge in [-0.25, -0.2) is 14.8 Å². The van der Waals surface area contributed by atoms with Gasteiger partial charge in [-0.2, -0.15) is 0 Å². The molecule has 8 heteroatoms. The number of nitrogens with zero attached hydrogens (tertiary/aromatic N) is 4. The van der Waals surface area contributed by atoms with Gasteiger partial charge in [0.15, 0.2) is 0 Å². The highest BCUT2D eigenvalue weighted by molar-refractivity contribution is 5.88. The van der Waals surface area contributed by atoms with Gasteiger partial charge in [0, 0.05) is 43.9 Å². The molecule has 1 aromatic heterocycles. The standard InChI is InChI=1S/C16H23N5O3/c1-10(2)14-17-11(3)8-13(19-14)20-4-6-21(7-5-20)15(22)12-9-24-16(23)18-12/h8,10,12H,4-7,9H2,1-3H3,(H,18,23). The molecule has 3 heterocycles. The van der Waals surface area contributed by atoms with E-state index in [4.69, 9.17) is 4.74 Å². The van der Waals surface area contributed by atoms with Gasteiger partial charge in [0.05, 0.1) is 0 Å². The number of anilines is 1. The quantitative estimate of drug-likeness (QED) is 0.874. The Balaban J connectivity index is 1.63. The van der Waals surface area contributed by atoms with Crippen molar-refractivity contribution in [3.63, 3.8) is 0 Å². The number of hydrogen-bond acceptors (Lipinski definition) is 6. The summed E-state index contributed by atoms with van der Waals surface area (Å²) in [7, 11) is 0. The van der Waals surface area contributed by atoms with Gasteiger partial charge in [0.1, 0.15) is 24.3 Å². The normalized spacial score (nSPS) is 21.0. The topological polar surface area (TPSA) is 87.7 Å². The summed E-state index contributed by atoms with van der Waals surface area (Å²) in [6.45, 7) is 8.86. The highest BCUT2D eigenvalue weighted by Gasteiger charge is 2.33. The predicted molar refractivity (Wildman–Crippen MR) is 87.9 cm³/mol. The molecule has 8 nitrogen and oxygen atoms in total. The number of piperazine rings is 1. The Morgan fingerprint density at radius 2 is 2.00 bits per heavy atom. The van der Waals surface area contributed by atoms with E-state index in [0.29, 0.717) is 26.2 Å². The highest BCUT2D eigenvalue weighted by atomic mass is 16.6. The van der Waals surface area contributed by atoms with Crippen molar-refractivity contribution >= 4 is 17.8 Å². The summed E-state index contributed by atoms with van der Waals surface area (Å²) in [5.41, 5.74) is 0.952. The Morgan fingerprint density at radius 3 is 2.58 bits per heavy atom. The molecule has 0 radical (unpaired) electrons. The third kappa shape index (κ3) is 3.42. The number of rotatable bonds is 3. The monoisotopic (exact) mass is 333 g/mol. The van der Waals surface area contributed by atoms with E-state index >= 15 is 0 Å². The van der Waals surface area contributed by atoms with Gasteiger partial charge in [-0.15, -0.1) is 0 Å². The van der Waals surface area contributed by atoms with Crippen LogP contribution in [-0.2, 0) is 9.53 Å². The Hall–Kier alpha value is -2.38. The van der Waals surface area contributed by atoms with Crippen molar-refractivity contribution in [1.29, 1.82) is 0 Å². The number of hydrogen-bond donors (Lipinski definition) is 1. The smallest absolute Gasteiger partial charge is 0.407 e. The lowest BCUT2D eigenvalue weighted by molar-refractivity contribution is -0.133. The van der Waals surface area contributed by atoms with Crippen molar-refractivity contribution in [1.82, 2.24) is 20.2 Å². The lowest BCUT2D eigenvalue weighted by Crippen LogP contribution is -2.54. The van der Waals surface area contributed by atoms with E-state index in [0.717, 1.165) is 17.3 Å². The van der Waals surface area contributed by atoms with E-state index in [1.54, 1.807) is 4.90 Å². The summed E-state index contributed by atoms with van der Waals surface area (Å²) in [5.74, 6) is 1.95. The van der Waals surface area contributed by atoms with Gasteiger partial charge in [-0.1, -0.05) is 13.8 Å². The van der Waals surface area contributed by atoms with Crippen LogP contribution in [0.5, 0.6) is 0 Å². The van der Waals surface area contributed by atoms with Crippen molar-refractivity contribution in [2.45, 2.75) is 32.7 Å². The summed E-state index contributed by atoms with van der Waals surface area (Å²) in [4.78, 5) is 36.5. The van der Waals surface area contributed by atoms with E-state index < -0.39 is 12.1 Å². The number of carbonyl (C=O) groups is 2. The molecule has 1 atom stereocenters. The Labute approximate surface area is 141 Å². The van der Waals surface area contributed by atoms with Crippen LogP contribution in [0.3, 0.4) is 0 Å². The molecule has 3 rings (SSSR count). The molecule has 1 unspecified atom stereocenters. The lowest BCUT2D eigenvalue weighted by atomic mass is 10.2. The zero-order valence-electron chi connectivity index (χ0n) is 14.3. The fraction of sp³-hybridized carbons (Fsp3) is 0.625. The second kappa shape index (κ2) is 6.62. The van der Waals surface area contributed by atoms with E-state index in [1.165, 1.54) is 0 Å². The van der Waals surface area contributed by atoms with Crippen LogP contribution in [0.1, 0.15) is 31.3 Å². The molecular formula is C16H23N5O3. The Kier molecular flexibility index (Phi) is 4.55. The van der Waals surface area contributed by atoms with Crippen LogP contribution in [0.4, 0.5) is 10.6 Å². The summed E-state index contributed by atoms with van der Waals surface area (Å²) in [5, 5.41) is 2.53. The first-order valence-corrected chi connectivity index (χ1v) is 8.26. The summed E-state index contributed by atoms with van der Waals surface area (Å²) >= 11 is 0. The summed E-state index contributed by atoms with van der Waals surface area (Å²) < 4.78 is 4.79. The predicted octanol–water partition coefficient (Wildman–Crippen LogP) is 0.665. The van der Waals surface area contributed by atoms with Crippen LogP contribution in [0.25, 0.3) is 0 Å². The third-order valence-electron chi connectivity index (χ3n) is 4.26. The van der Waals surface area contributed by atoms with Crippen molar-refractivity contribution in [3.05, 3.63) is 17.6 Å². The largest absolute Gasteiger partial charge is 0.447 e. The molecule has 2 aliphatic heterocycles. The average Bonchev–Trinajstić information content (AvgIpc) is 3.00. The maximum atomic E-state index is 12.4. The van der Waals surface area contributed by atoms with Crippen molar-refractivity contribution in [2.24, 2.45) is 0 Å². The zero-order valence-corrected chi connectivity index (χ0v) is 14.3. The molecule has 0 aliphatic carbocycles. The van der Waals surface area contributed by atoms with Gasteiger partial charge in [0.2, 0.25) is 5.91 Å². The lowest BCUT2D eigenvalue weighted by Gasteiger charge is -2.36. The van der Waals surface area contributed by atoms with E-state index in [2.05, 4.69) is 34.0 Å². The second-order valence-electron chi connectivity index (χ2n) is 6.49. The molecule has 0 bridgehead atoms. The zero-order chi connectivity index (χ0) is 17.3. The number of alkyl carbamates (subject to hydrolysis) is 1. The maximum Gasteiger partial charge on any atom is 0.407 e. The number of ether oxygens (including phenoxy) is 1. The summed E-state index contributed by atoms with van der Waals surface area (Å²) in [6.07, 6.45) is -0.523. The van der Waals surface area contributed by atoms with Crippen molar-refractivity contribution in [2.75, 3.05) is 37.7 Å². The molecule has 0 saturated carbocycles. The van der Waals surface area contributed by atoms with Crippen LogP contribution >= 0.6 is 0 Å². The number of nitrogens with one attached hydrogen (secondary N) is 1.